The number of aliphatic hydroxyl groups excluding tert-OH is 1. The number of hydrogen-bond acceptors (Lipinski definition) is 6. The van der Waals surface area contributed by atoms with E-state index in [1.54, 1.807) is 6.08 Å². The van der Waals surface area contributed by atoms with Crippen molar-refractivity contribution >= 4 is 17.8 Å². The fraction of sp³-hybridized carbons (Fsp3) is 0.780. The quantitative estimate of drug-likeness (QED) is 0.0106. The van der Waals surface area contributed by atoms with Crippen molar-refractivity contribution in [3.8, 4) is 0 Å². The van der Waals surface area contributed by atoms with E-state index in [2.05, 4.69) is 35.7 Å². The zero-order valence-electron chi connectivity index (χ0n) is 32.7. The topological polar surface area (TPSA) is 130 Å². The van der Waals surface area contributed by atoms with Gasteiger partial charge in [0, 0.05) is 37.6 Å². The maximum absolute atomic E-state index is 13.5. The molecular weight excluding hydrogens is 640 g/mol. The average Bonchev–Trinajstić information content (AvgIpc) is 3.12. The standard InChI is InChI=1S/C41H72N6O4/c1-4-7-9-11-13-15-17-19-22-27-34-46-39(49)38(36-37(48)30-29-33-45(6-3)32-26-24-21-25-31-43-44-42)40(50)47(41(46)51)35-28-23-20-18-16-14-12-10-8-5-2/h29-30,33,36,48H,4-28,31-32,34-35H2,1-3H3/b33-29+,37-30-. The zero-order chi connectivity index (χ0) is 37.4. The zero-order valence-corrected chi connectivity index (χ0v) is 32.7. The van der Waals surface area contributed by atoms with Gasteiger partial charge in [-0.25, -0.2) is 4.79 Å². The first-order chi connectivity index (χ1) is 24.9. The van der Waals surface area contributed by atoms with Crippen LogP contribution in [-0.4, -0.2) is 70.4 Å². The maximum Gasteiger partial charge on any atom is 0.333 e. The third-order valence-electron chi connectivity index (χ3n) is 9.66. The summed E-state index contributed by atoms with van der Waals surface area (Å²) in [6, 6.07) is -0.534. The second kappa shape index (κ2) is 31.5. The third kappa shape index (κ3) is 21.6. The van der Waals surface area contributed by atoms with Crippen LogP contribution < -0.4 is 0 Å². The highest BCUT2D eigenvalue weighted by molar-refractivity contribution is 6.28. The lowest BCUT2D eigenvalue weighted by molar-refractivity contribution is -0.136. The van der Waals surface area contributed by atoms with Gasteiger partial charge in [-0.2, -0.15) is 0 Å². The monoisotopic (exact) mass is 713 g/mol. The van der Waals surface area contributed by atoms with E-state index in [9.17, 15) is 19.5 Å². The van der Waals surface area contributed by atoms with Crippen LogP contribution in [0.25, 0.3) is 10.4 Å². The number of nitrogens with zero attached hydrogens (tertiary/aromatic N) is 6. The molecule has 290 valence electrons. The van der Waals surface area contributed by atoms with Gasteiger partial charge in [0.25, 0.3) is 11.8 Å². The Hall–Kier alpha value is -3.26. The molecule has 0 unspecified atom stereocenters. The smallest absolute Gasteiger partial charge is 0.333 e. The molecule has 1 saturated heterocycles. The Labute approximate surface area is 310 Å². The lowest BCUT2D eigenvalue weighted by Gasteiger charge is -2.34. The molecule has 1 N–H and O–H groups in total. The summed E-state index contributed by atoms with van der Waals surface area (Å²) in [6.07, 6.45) is 33.2. The van der Waals surface area contributed by atoms with Crippen molar-refractivity contribution in [1.29, 1.82) is 0 Å². The summed E-state index contributed by atoms with van der Waals surface area (Å²) >= 11 is 0. The Morgan fingerprint density at radius 2 is 1.10 bits per heavy atom. The molecule has 0 spiro atoms. The minimum absolute atomic E-state index is 0.163. The Morgan fingerprint density at radius 3 is 1.55 bits per heavy atom. The van der Waals surface area contributed by atoms with E-state index in [0.29, 0.717) is 19.4 Å². The number of carbonyl (C=O) groups is 3. The first-order valence-electron chi connectivity index (χ1n) is 20.6. The number of amides is 4. The molecule has 1 aliphatic rings. The van der Waals surface area contributed by atoms with Gasteiger partial charge in [-0.05, 0) is 62.6 Å². The number of rotatable bonds is 33. The number of azide groups is 1. The predicted molar refractivity (Wildman–Crippen MR) is 210 cm³/mol. The van der Waals surface area contributed by atoms with Gasteiger partial charge in [0.1, 0.15) is 11.3 Å². The molecule has 0 aromatic rings. The molecule has 10 nitrogen and oxygen atoms in total. The van der Waals surface area contributed by atoms with E-state index < -0.39 is 17.8 Å². The van der Waals surface area contributed by atoms with Crippen LogP contribution >= 0.6 is 0 Å². The summed E-state index contributed by atoms with van der Waals surface area (Å²) in [5.41, 5.74) is 8.22. The van der Waals surface area contributed by atoms with Crippen LogP contribution in [0, 0.1) is 0 Å². The van der Waals surface area contributed by atoms with E-state index in [4.69, 9.17) is 5.53 Å². The fourth-order valence-corrected chi connectivity index (χ4v) is 6.43. The minimum atomic E-state index is -0.625. The summed E-state index contributed by atoms with van der Waals surface area (Å²) in [5.74, 6) is -1.45. The van der Waals surface area contributed by atoms with Crippen molar-refractivity contribution in [1.82, 2.24) is 14.7 Å². The molecule has 10 heteroatoms. The van der Waals surface area contributed by atoms with Gasteiger partial charge >= 0.3 is 6.03 Å². The summed E-state index contributed by atoms with van der Waals surface area (Å²) in [5, 5.41) is 14.3. The lowest BCUT2D eigenvalue weighted by Crippen LogP contribution is -2.56. The molecule has 0 radical (unpaired) electrons. The molecule has 0 saturated carbocycles. The first-order valence-corrected chi connectivity index (χ1v) is 20.6. The number of hydrogen-bond donors (Lipinski definition) is 1. The fourth-order valence-electron chi connectivity index (χ4n) is 6.43. The van der Waals surface area contributed by atoms with Gasteiger partial charge in [-0.1, -0.05) is 147 Å². The minimum Gasteiger partial charge on any atom is -0.508 e. The van der Waals surface area contributed by atoms with E-state index in [1.165, 1.54) is 99.0 Å². The van der Waals surface area contributed by atoms with Crippen LogP contribution in [0.4, 0.5) is 4.79 Å². The molecule has 1 heterocycles. The van der Waals surface area contributed by atoms with E-state index in [0.717, 1.165) is 77.3 Å². The average molecular weight is 713 g/mol. The SMILES string of the molecule is CCCCCCCCCCCCN1C(=O)C(=C/C(O)=C/C=C/N(CC)CCCCCCN=[N+]=[N-])C(=O)N(CCCCCCCCCCCC)C1=O. The van der Waals surface area contributed by atoms with Crippen molar-refractivity contribution in [2.24, 2.45) is 5.11 Å². The van der Waals surface area contributed by atoms with E-state index in [1.807, 2.05) is 6.20 Å². The van der Waals surface area contributed by atoms with Gasteiger partial charge in [-0.3, -0.25) is 19.4 Å². The highest BCUT2D eigenvalue weighted by Gasteiger charge is 2.41. The number of unbranched alkanes of at least 4 members (excludes halogenated alkanes) is 21. The Kier molecular flexibility index (Phi) is 28.2. The second-order valence-electron chi connectivity index (χ2n) is 14.0. The summed E-state index contributed by atoms with van der Waals surface area (Å²) in [7, 11) is 0. The van der Waals surface area contributed by atoms with Crippen molar-refractivity contribution in [3.05, 3.63) is 46.2 Å². The molecule has 51 heavy (non-hydrogen) atoms. The van der Waals surface area contributed by atoms with Crippen LogP contribution in [0.3, 0.4) is 0 Å². The van der Waals surface area contributed by atoms with Gasteiger partial charge in [0.2, 0.25) is 0 Å². The largest absolute Gasteiger partial charge is 0.508 e. The lowest BCUT2D eigenvalue weighted by atomic mass is 10.0. The van der Waals surface area contributed by atoms with Crippen LogP contribution in [0.5, 0.6) is 0 Å². The van der Waals surface area contributed by atoms with Crippen molar-refractivity contribution in [2.45, 2.75) is 175 Å². The normalized spacial score (nSPS) is 13.8. The van der Waals surface area contributed by atoms with Gasteiger partial charge in [0.15, 0.2) is 0 Å². The summed E-state index contributed by atoms with van der Waals surface area (Å²) in [6.45, 7) is 9.24. The van der Waals surface area contributed by atoms with Crippen LogP contribution in [0.2, 0.25) is 0 Å². The van der Waals surface area contributed by atoms with Crippen molar-refractivity contribution in [3.63, 3.8) is 0 Å². The molecule has 0 atom stereocenters. The number of allylic oxidation sites excluding steroid dienone is 3. The van der Waals surface area contributed by atoms with Crippen molar-refractivity contribution in [2.75, 3.05) is 32.7 Å². The molecule has 0 bridgehead atoms. The Balaban J connectivity index is 2.81. The Morgan fingerprint density at radius 1 is 0.667 bits per heavy atom. The van der Waals surface area contributed by atoms with Crippen LogP contribution in [0.15, 0.2) is 40.9 Å². The number of imide groups is 2. The number of aliphatic hydroxyl groups is 1. The molecular formula is C41H72N6O4. The highest BCUT2D eigenvalue weighted by atomic mass is 16.3. The van der Waals surface area contributed by atoms with Gasteiger partial charge in [-0.15, -0.1) is 0 Å². The Bertz CT molecular complexity index is 1050. The molecule has 0 aromatic heterocycles. The van der Waals surface area contributed by atoms with Crippen LogP contribution in [0.1, 0.15) is 175 Å². The highest BCUT2D eigenvalue weighted by Crippen LogP contribution is 2.21. The molecule has 0 aliphatic carbocycles. The summed E-state index contributed by atoms with van der Waals surface area (Å²) in [4.78, 5) is 47.9. The number of urea groups is 1. The molecule has 1 fully saturated rings. The molecule has 4 amide bonds. The molecule has 1 rings (SSSR count). The van der Waals surface area contributed by atoms with E-state index in [-0.39, 0.29) is 24.4 Å². The van der Waals surface area contributed by atoms with Gasteiger partial charge in [0.05, 0.1) is 0 Å². The third-order valence-corrected chi connectivity index (χ3v) is 9.66. The predicted octanol–water partition coefficient (Wildman–Crippen LogP) is 11.7. The molecule has 0 aromatic carbocycles. The van der Waals surface area contributed by atoms with Gasteiger partial charge < -0.3 is 10.0 Å². The first kappa shape index (κ1) is 45.8. The van der Waals surface area contributed by atoms with Crippen molar-refractivity contribution < 1.29 is 19.5 Å². The van der Waals surface area contributed by atoms with Crippen LogP contribution in [-0.2, 0) is 9.59 Å². The number of barbiturate groups is 1. The molecule has 1 aliphatic heterocycles. The second-order valence-corrected chi connectivity index (χ2v) is 14.0. The number of carbonyl (C=O) groups excluding carboxylic acids is 3. The summed E-state index contributed by atoms with van der Waals surface area (Å²) < 4.78 is 0. The van der Waals surface area contributed by atoms with E-state index >= 15 is 0 Å². The maximum atomic E-state index is 13.5.